The fraction of sp³-hybridized carbons (Fsp3) is 0.412. The van der Waals surface area contributed by atoms with Crippen molar-refractivity contribution >= 4 is 41.7 Å². The van der Waals surface area contributed by atoms with E-state index in [1.165, 1.54) is 44.7 Å². The monoisotopic (exact) mass is 947 g/mol. The molecule has 2 saturated carbocycles. The number of hydrogen-bond donors (Lipinski definition) is 3. The Morgan fingerprint density at radius 2 is 1.46 bits per heavy atom. The number of amides is 1. The van der Waals surface area contributed by atoms with E-state index in [9.17, 15) is 39.0 Å². The van der Waals surface area contributed by atoms with E-state index < -0.39 is 119 Å². The van der Waals surface area contributed by atoms with Gasteiger partial charge in [-0.05, 0) is 54.8 Å². The highest BCUT2D eigenvalue weighted by atomic mass is 16.6. The number of nitrogens with one attached hydrogen (secondary N) is 1. The van der Waals surface area contributed by atoms with Crippen LogP contribution in [0.25, 0.3) is 0 Å². The van der Waals surface area contributed by atoms with Crippen LogP contribution in [0.4, 0.5) is 4.79 Å². The minimum absolute atomic E-state index is 0.0342. The average Bonchev–Trinajstić information content (AvgIpc) is 3.87. The summed E-state index contributed by atoms with van der Waals surface area (Å²) < 4.78 is 38.1. The first-order chi connectivity index (χ1) is 32.7. The van der Waals surface area contributed by atoms with Crippen LogP contribution in [0.5, 0.6) is 0 Å². The Morgan fingerprint density at radius 1 is 0.841 bits per heavy atom. The zero-order valence-electron chi connectivity index (χ0n) is 38.7. The molecule has 1 saturated heterocycles. The average molecular weight is 948 g/mol. The lowest BCUT2D eigenvalue weighted by Crippen LogP contribution is -2.82. The summed E-state index contributed by atoms with van der Waals surface area (Å²) >= 11 is 0. The molecule has 3 aliphatic carbocycles. The molecule has 1 aromatic heterocycles. The molecule has 1 amide bonds. The zero-order chi connectivity index (χ0) is 49.6. The van der Waals surface area contributed by atoms with E-state index in [0.717, 1.165) is 18.4 Å². The van der Waals surface area contributed by atoms with Crippen molar-refractivity contribution in [3.8, 4) is 0 Å². The summed E-state index contributed by atoms with van der Waals surface area (Å²) in [6, 6.07) is 22.8. The highest BCUT2D eigenvalue weighted by Gasteiger charge is 2.79. The van der Waals surface area contributed by atoms with Crippen molar-refractivity contribution in [3.63, 3.8) is 0 Å². The molecule has 11 atom stereocenters. The van der Waals surface area contributed by atoms with Gasteiger partial charge in [-0.2, -0.15) is 0 Å². The largest absolute Gasteiger partial charge is 0.456 e. The number of imidazole rings is 1. The van der Waals surface area contributed by atoms with Crippen LogP contribution in [0.1, 0.15) is 86.7 Å². The van der Waals surface area contributed by atoms with Gasteiger partial charge in [-0.1, -0.05) is 80.6 Å². The summed E-state index contributed by atoms with van der Waals surface area (Å²) in [5.41, 5.74) is -7.53. The number of aromatic nitrogens is 2. The first-order valence-electron chi connectivity index (χ1n) is 22.4. The normalized spacial score (nSPS) is 29.7. The van der Waals surface area contributed by atoms with Crippen molar-refractivity contribution in [3.05, 3.63) is 138 Å². The van der Waals surface area contributed by atoms with Gasteiger partial charge in [0.05, 0.1) is 29.5 Å². The van der Waals surface area contributed by atoms with E-state index in [2.05, 4.69) is 10.3 Å². The minimum atomic E-state index is -2.48. The van der Waals surface area contributed by atoms with Crippen LogP contribution in [-0.4, -0.2) is 116 Å². The van der Waals surface area contributed by atoms with Gasteiger partial charge in [-0.3, -0.25) is 19.2 Å². The molecular formula is C51H53N3O15. The van der Waals surface area contributed by atoms with Crippen molar-refractivity contribution < 1.29 is 72.2 Å². The number of Topliss-reactive ketones (excluding diaryl/α,β-unsaturated/α-hetero) is 1. The number of carbonyl (C=O) groups excluding carboxylic acids is 7. The molecule has 18 heteroatoms. The molecule has 3 N–H and O–H groups in total. The number of ether oxygens (including phenoxy) is 6. The predicted molar refractivity (Wildman–Crippen MR) is 240 cm³/mol. The SMILES string of the molecule is CC(=O)O[C@H]1C(=O)[C@]2(C)[C@@H](OC(=O)n3ccnc3)C[C@H]3OC[C@@]3(OC(C)=O)[C@H]2[C@H](OC(=O)c2ccccc2)[C@]2(O)C[C@H](OC(=O)[C@H](O)[C@@H](NC(=O)c3ccccc3)c3ccccc3)C(C)=C1C2(C)C. The van der Waals surface area contributed by atoms with E-state index in [-0.39, 0.29) is 35.3 Å². The van der Waals surface area contributed by atoms with Crippen molar-refractivity contribution in [2.45, 2.75) is 108 Å². The number of fused-ring (bicyclic) bond motifs is 5. The molecule has 3 fully saturated rings. The number of carbonyl (C=O) groups is 7. The van der Waals surface area contributed by atoms with Crippen molar-refractivity contribution in [1.29, 1.82) is 0 Å². The Labute approximate surface area is 396 Å². The van der Waals surface area contributed by atoms with Crippen molar-refractivity contribution in [1.82, 2.24) is 14.9 Å². The second-order valence-corrected chi connectivity index (χ2v) is 18.7. The lowest BCUT2D eigenvalue weighted by atomic mass is 9.44. The van der Waals surface area contributed by atoms with E-state index in [1.807, 2.05) is 0 Å². The van der Waals surface area contributed by atoms with Crippen LogP contribution in [0.15, 0.2) is 121 Å². The first kappa shape index (κ1) is 48.4. The zero-order valence-corrected chi connectivity index (χ0v) is 38.7. The second-order valence-electron chi connectivity index (χ2n) is 18.7. The van der Waals surface area contributed by atoms with E-state index in [0.29, 0.717) is 5.56 Å². The van der Waals surface area contributed by atoms with Gasteiger partial charge >= 0.3 is 30.0 Å². The van der Waals surface area contributed by atoms with E-state index in [1.54, 1.807) is 92.7 Å². The highest BCUT2D eigenvalue weighted by Crippen LogP contribution is 2.65. The van der Waals surface area contributed by atoms with Gasteiger partial charge in [-0.25, -0.2) is 23.9 Å². The molecule has 2 heterocycles. The number of aliphatic hydroxyl groups excluding tert-OH is 1. The number of benzene rings is 3. The van der Waals surface area contributed by atoms with Gasteiger partial charge in [0, 0.05) is 50.1 Å². The van der Waals surface area contributed by atoms with Crippen molar-refractivity contribution in [2.75, 3.05) is 6.61 Å². The molecule has 0 spiro atoms. The summed E-state index contributed by atoms with van der Waals surface area (Å²) in [6.45, 7) is 7.86. The Balaban J connectivity index is 1.31. The third kappa shape index (κ3) is 8.39. The van der Waals surface area contributed by atoms with Crippen LogP contribution in [0, 0.1) is 16.7 Å². The number of hydrogen-bond acceptors (Lipinski definition) is 16. The molecular weight excluding hydrogens is 895 g/mol. The van der Waals surface area contributed by atoms with Crippen LogP contribution in [0.2, 0.25) is 0 Å². The fourth-order valence-corrected chi connectivity index (χ4v) is 10.9. The smallest absolute Gasteiger partial charge is 0.419 e. The maximum Gasteiger partial charge on any atom is 0.419 e. The van der Waals surface area contributed by atoms with Crippen LogP contribution in [-0.2, 0) is 47.6 Å². The molecule has 0 unspecified atom stereocenters. The molecule has 18 nitrogen and oxygen atoms in total. The molecule has 69 heavy (non-hydrogen) atoms. The lowest BCUT2D eigenvalue weighted by Gasteiger charge is -2.67. The Morgan fingerprint density at radius 3 is 2.03 bits per heavy atom. The molecule has 2 bridgehead atoms. The van der Waals surface area contributed by atoms with E-state index in [4.69, 9.17) is 28.4 Å². The Kier molecular flexibility index (Phi) is 13.0. The fourth-order valence-electron chi connectivity index (χ4n) is 10.9. The number of esters is 4. The van der Waals surface area contributed by atoms with Gasteiger partial charge < -0.3 is 44.0 Å². The highest BCUT2D eigenvalue weighted by molar-refractivity contribution is 5.96. The van der Waals surface area contributed by atoms with Gasteiger partial charge in [0.2, 0.25) is 0 Å². The molecule has 4 aliphatic rings. The second kappa shape index (κ2) is 18.5. The Hall–Kier alpha value is -7.02. The van der Waals surface area contributed by atoms with Gasteiger partial charge in [-0.15, -0.1) is 0 Å². The lowest BCUT2D eigenvalue weighted by molar-refractivity contribution is -0.345. The van der Waals surface area contributed by atoms with E-state index >= 15 is 4.79 Å². The summed E-state index contributed by atoms with van der Waals surface area (Å²) in [5, 5.41) is 28.6. The molecule has 1 aliphatic heterocycles. The third-order valence-electron chi connectivity index (χ3n) is 14.4. The summed E-state index contributed by atoms with van der Waals surface area (Å²) in [4.78, 5) is 103. The maximum atomic E-state index is 16.1. The standard InChI is InChI=1S/C51H53N3O15/c1-28-34(66-46(61)39(57)38(31-16-10-7-11-17-31)53-44(59)32-18-12-8-13-19-32)25-51(63)43(68-45(60)33-20-14-9-15-21-33)41-49(6,42(58)40(65-29(2)55)37(28)48(51,4)5)35(67-47(62)54-23-22-52-27-54)24-36-50(41,26-64-36)69-30(3)56/h7-23,27,34-36,38-41,43,57,63H,24-26H2,1-6H3,(H,53,59)/t34-,35-,36+,38-,39+,40+,41-,43-,49+,50-,51+/m0/s1. The molecule has 3 aromatic carbocycles. The van der Waals surface area contributed by atoms with Gasteiger partial charge in [0.25, 0.3) is 5.91 Å². The number of nitrogens with zero attached hydrogens (tertiary/aromatic N) is 2. The Bertz CT molecular complexity index is 2670. The molecule has 362 valence electrons. The third-order valence-corrected chi connectivity index (χ3v) is 14.4. The molecule has 4 aromatic rings. The molecule has 0 radical (unpaired) electrons. The predicted octanol–water partition coefficient (Wildman–Crippen LogP) is 4.62. The maximum absolute atomic E-state index is 16.1. The minimum Gasteiger partial charge on any atom is -0.456 e. The summed E-state index contributed by atoms with van der Waals surface area (Å²) in [5.74, 6) is -7.14. The number of rotatable bonds is 11. The summed E-state index contributed by atoms with van der Waals surface area (Å²) in [7, 11) is 0. The van der Waals surface area contributed by atoms with Crippen LogP contribution in [0.3, 0.4) is 0 Å². The summed E-state index contributed by atoms with van der Waals surface area (Å²) in [6.07, 6.45) is -8.03. The first-order valence-corrected chi connectivity index (χ1v) is 22.4. The quantitative estimate of drug-likeness (QED) is 0.105. The molecule has 8 rings (SSSR count). The van der Waals surface area contributed by atoms with Gasteiger partial charge in [0.15, 0.2) is 23.6 Å². The number of ketones is 1. The van der Waals surface area contributed by atoms with Crippen molar-refractivity contribution in [2.24, 2.45) is 16.7 Å². The number of aliphatic hydroxyl groups is 2. The van der Waals surface area contributed by atoms with Crippen LogP contribution >= 0.6 is 0 Å². The topological polar surface area (TPSA) is 245 Å². The van der Waals surface area contributed by atoms with Crippen LogP contribution < -0.4 is 5.32 Å². The van der Waals surface area contributed by atoms with Gasteiger partial charge in [0.1, 0.15) is 36.3 Å².